The molecule has 0 fully saturated rings. The molecule has 0 saturated carbocycles. The topological polar surface area (TPSA) is 175 Å². The van der Waals surface area contributed by atoms with Gasteiger partial charge in [0.25, 0.3) is 11.8 Å². The van der Waals surface area contributed by atoms with Crippen LogP contribution in [0, 0.1) is 12.8 Å². The van der Waals surface area contributed by atoms with E-state index in [4.69, 9.17) is 4.42 Å². The highest BCUT2D eigenvalue weighted by molar-refractivity contribution is 7.09. The number of thiazole rings is 1. The molecule has 0 aliphatic carbocycles. The van der Waals surface area contributed by atoms with Crippen molar-refractivity contribution in [2.75, 3.05) is 19.6 Å². The summed E-state index contributed by atoms with van der Waals surface area (Å²) < 4.78 is 6.00. The Kier molecular flexibility index (Phi) is 11.1. The van der Waals surface area contributed by atoms with E-state index in [0.717, 1.165) is 11.1 Å². The molecule has 47 heavy (non-hydrogen) atoms. The lowest BCUT2D eigenvalue weighted by Crippen LogP contribution is -2.40. The monoisotopic (exact) mass is 660 g/mol. The summed E-state index contributed by atoms with van der Waals surface area (Å²) >= 11 is 1.29. The summed E-state index contributed by atoms with van der Waals surface area (Å²) in [5.41, 5.74) is 2.23. The van der Waals surface area contributed by atoms with Gasteiger partial charge in [-0.2, -0.15) is 5.10 Å². The molecule has 4 amide bonds. The Labute approximate surface area is 276 Å². The van der Waals surface area contributed by atoms with Crippen LogP contribution in [0.25, 0.3) is 0 Å². The van der Waals surface area contributed by atoms with Crippen LogP contribution in [0.4, 0.5) is 0 Å². The second-order valence-electron chi connectivity index (χ2n) is 11.9. The van der Waals surface area contributed by atoms with Gasteiger partial charge in [-0.25, -0.2) is 9.97 Å². The van der Waals surface area contributed by atoms with Gasteiger partial charge in [0.2, 0.25) is 17.7 Å². The predicted molar refractivity (Wildman–Crippen MR) is 174 cm³/mol. The Morgan fingerprint density at radius 2 is 1.87 bits per heavy atom. The number of nitrogens with zero attached hydrogens (tertiary/aromatic N) is 4. The smallest absolute Gasteiger partial charge is 0.274 e. The minimum atomic E-state index is -0.624. The van der Waals surface area contributed by atoms with E-state index in [2.05, 4.69) is 36.1 Å². The number of carbonyl (C=O) groups is 4. The first kappa shape index (κ1) is 33.5. The van der Waals surface area contributed by atoms with Crippen LogP contribution in [-0.2, 0) is 22.4 Å². The molecule has 4 N–H and O–H groups in total. The summed E-state index contributed by atoms with van der Waals surface area (Å²) in [5.74, 6) is -0.626. The quantitative estimate of drug-likeness (QED) is 0.242. The Morgan fingerprint density at radius 1 is 1.06 bits per heavy atom. The van der Waals surface area contributed by atoms with Gasteiger partial charge < -0.3 is 25.3 Å². The number of aromatic nitrogens is 4. The number of hydrogen-bond acceptors (Lipinski definition) is 9. The molecule has 4 heterocycles. The number of fused-ring (bicyclic) bond motifs is 4. The molecule has 0 unspecified atom stereocenters. The van der Waals surface area contributed by atoms with Crippen LogP contribution in [0.5, 0.6) is 0 Å². The minimum absolute atomic E-state index is 0.0442. The fourth-order valence-corrected chi connectivity index (χ4v) is 6.38. The lowest BCUT2D eigenvalue weighted by atomic mass is 10.0. The zero-order chi connectivity index (χ0) is 33.3. The van der Waals surface area contributed by atoms with Crippen LogP contribution < -0.4 is 16.0 Å². The molecule has 1 aliphatic heterocycles. The van der Waals surface area contributed by atoms with Crippen LogP contribution >= 0.6 is 11.3 Å². The Hall–Kier alpha value is -4.85. The summed E-state index contributed by atoms with van der Waals surface area (Å²) in [7, 11) is 0. The molecule has 1 aliphatic rings. The highest BCUT2D eigenvalue weighted by Crippen LogP contribution is 2.27. The summed E-state index contributed by atoms with van der Waals surface area (Å²) in [5, 5.41) is 17.9. The normalized spacial score (nSPS) is 18.4. The lowest BCUT2D eigenvalue weighted by molar-refractivity contribution is -0.131. The van der Waals surface area contributed by atoms with Crippen molar-refractivity contribution in [2.45, 2.75) is 65.0 Å². The number of aromatic amines is 1. The molecule has 4 bridgehead atoms. The van der Waals surface area contributed by atoms with Gasteiger partial charge in [-0.05, 0) is 36.8 Å². The van der Waals surface area contributed by atoms with Crippen LogP contribution in [-0.4, -0.2) is 68.3 Å². The molecule has 1 aromatic carbocycles. The summed E-state index contributed by atoms with van der Waals surface area (Å²) in [6.07, 6.45) is 5.18. The first-order chi connectivity index (χ1) is 22.7. The van der Waals surface area contributed by atoms with Gasteiger partial charge in [0, 0.05) is 50.5 Å². The maximum absolute atomic E-state index is 13.5. The van der Waals surface area contributed by atoms with Gasteiger partial charge in [0.15, 0.2) is 5.69 Å². The van der Waals surface area contributed by atoms with E-state index in [1.54, 1.807) is 29.6 Å². The molecule has 3 aromatic heterocycles. The second-order valence-corrected chi connectivity index (χ2v) is 12.8. The summed E-state index contributed by atoms with van der Waals surface area (Å²) in [6.45, 7) is 6.38. The first-order valence-electron chi connectivity index (χ1n) is 15.8. The van der Waals surface area contributed by atoms with Gasteiger partial charge in [0.05, 0.1) is 12.2 Å². The van der Waals surface area contributed by atoms with E-state index in [-0.39, 0.29) is 66.8 Å². The van der Waals surface area contributed by atoms with Gasteiger partial charge >= 0.3 is 0 Å². The fraction of sp³-hybridized carbons (Fsp3) is 0.424. The number of aryl methyl sites for hydroxylation is 2. The number of hydrogen-bond donors (Lipinski definition) is 4. The van der Waals surface area contributed by atoms with Crippen molar-refractivity contribution in [3.63, 3.8) is 0 Å². The summed E-state index contributed by atoms with van der Waals surface area (Å²) in [6, 6.07) is 8.54. The lowest BCUT2D eigenvalue weighted by Gasteiger charge is -2.23. The molecule has 4 aromatic rings. The molecule has 0 spiro atoms. The maximum atomic E-state index is 13.5. The molecule has 2 atom stereocenters. The highest BCUT2D eigenvalue weighted by Gasteiger charge is 2.29. The predicted octanol–water partition coefficient (Wildman–Crippen LogP) is 3.67. The number of benzene rings is 1. The van der Waals surface area contributed by atoms with Crippen molar-refractivity contribution in [1.29, 1.82) is 0 Å². The van der Waals surface area contributed by atoms with Crippen molar-refractivity contribution < 1.29 is 23.6 Å². The zero-order valence-electron chi connectivity index (χ0n) is 26.7. The maximum Gasteiger partial charge on any atom is 0.274 e. The number of oxazole rings is 1. The third-order valence-corrected chi connectivity index (χ3v) is 8.88. The van der Waals surface area contributed by atoms with E-state index in [1.165, 1.54) is 11.3 Å². The van der Waals surface area contributed by atoms with Gasteiger partial charge in [0.1, 0.15) is 22.5 Å². The molecule has 0 radical (unpaired) electrons. The Morgan fingerprint density at radius 3 is 2.62 bits per heavy atom. The molecule has 248 valence electrons. The standard InChI is InChI=1S/C33H40N8O5S/c1-20(2)28-33-38-25(19-47-33)30(44)34-13-15-41(27(43)12-11-23-17-35-36-18-23)14-7-10-26(42)37-24(16-22-8-5-4-6-9-22)32-40-29(21(3)46-32)31(45)39-28/h4-6,8-9,17-20,24,28H,7,10-16H2,1-3H3,(H,34,44)(H,35,36)(H,37,42)(H,39,45)/t24-,28-/m0/s1. The fourth-order valence-electron chi connectivity index (χ4n) is 5.36. The van der Waals surface area contributed by atoms with Crippen molar-refractivity contribution >= 4 is 35.0 Å². The second kappa shape index (κ2) is 15.6. The van der Waals surface area contributed by atoms with E-state index >= 15 is 0 Å². The van der Waals surface area contributed by atoms with Gasteiger partial charge in [-0.1, -0.05) is 44.2 Å². The minimum Gasteiger partial charge on any atom is -0.443 e. The van der Waals surface area contributed by atoms with Crippen molar-refractivity contribution in [3.8, 4) is 0 Å². The number of rotatable bonds is 6. The van der Waals surface area contributed by atoms with Crippen molar-refractivity contribution in [3.05, 3.63) is 87.3 Å². The SMILES string of the molecule is Cc1oc2nc1C(=O)N[C@@H](C(C)C)c1nc(cs1)C(=O)NCCN(C(=O)CCc1cn[nH]c1)CCCC(=O)N[C@H]2Cc1ccccc1. The average molecular weight is 661 g/mol. The van der Waals surface area contributed by atoms with E-state index in [0.29, 0.717) is 36.6 Å². The number of carbonyl (C=O) groups excluding carboxylic acids is 4. The molecule has 14 heteroatoms. The number of H-pyrrole nitrogens is 1. The van der Waals surface area contributed by atoms with E-state index < -0.39 is 18.0 Å². The van der Waals surface area contributed by atoms with Crippen LogP contribution in [0.3, 0.4) is 0 Å². The van der Waals surface area contributed by atoms with E-state index in [1.807, 2.05) is 44.2 Å². The van der Waals surface area contributed by atoms with Crippen molar-refractivity contribution in [1.82, 2.24) is 41.0 Å². The molecular weight excluding hydrogens is 620 g/mol. The Balaban J connectivity index is 1.41. The summed E-state index contributed by atoms with van der Waals surface area (Å²) in [4.78, 5) is 63.8. The van der Waals surface area contributed by atoms with Gasteiger partial charge in [-0.15, -0.1) is 11.3 Å². The largest absolute Gasteiger partial charge is 0.443 e. The van der Waals surface area contributed by atoms with Crippen LogP contribution in [0.15, 0.2) is 52.5 Å². The third-order valence-electron chi connectivity index (χ3n) is 7.95. The third kappa shape index (κ3) is 8.91. The Bertz CT molecular complexity index is 1670. The number of amides is 4. The molecule has 13 nitrogen and oxygen atoms in total. The van der Waals surface area contributed by atoms with Gasteiger partial charge in [-0.3, -0.25) is 24.3 Å². The molecule has 5 rings (SSSR count). The molecular formula is C33H40N8O5S. The average Bonchev–Trinajstić information content (AvgIpc) is 3.83. The van der Waals surface area contributed by atoms with E-state index in [9.17, 15) is 19.2 Å². The van der Waals surface area contributed by atoms with Crippen LogP contribution in [0.2, 0.25) is 0 Å². The van der Waals surface area contributed by atoms with Crippen molar-refractivity contribution in [2.24, 2.45) is 5.92 Å². The highest BCUT2D eigenvalue weighted by atomic mass is 32.1. The zero-order valence-corrected chi connectivity index (χ0v) is 27.6. The first-order valence-corrected chi connectivity index (χ1v) is 16.7. The number of nitrogens with one attached hydrogen (secondary N) is 4. The van der Waals surface area contributed by atoms with Crippen LogP contribution in [0.1, 0.15) is 94.0 Å². The molecule has 0 saturated heterocycles.